The molecule has 0 aliphatic carbocycles. The molecule has 19 heavy (non-hydrogen) atoms. The van der Waals surface area contributed by atoms with Gasteiger partial charge in [0.1, 0.15) is 6.10 Å². The van der Waals surface area contributed by atoms with Gasteiger partial charge >= 0.3 is 0 Å². The molecule has 1 atom stereocenters. The van der Waals surface area contributed by atoms with E-state index in [0.717, 1.165) is 16.5 Å². The molecule has 1 aromatic carbocycles. The fraction of sp³-hybridized carbons (Fsp3) is 0.500. The van der Waals surface area contributed by atoms with Crippen molar-refractivity contribution in [2.75, 3.05) is 41.8 Å². The first-order chi connectivity index (χ1) is 8.95. The molecule has 1 unspecified atom stereocenters. The Balaban J connectivity index is 2.82. The number of ether oxygens (including phenoxy) is 1. The first kappa shape index (κ1) is 15.8. The van der Waals surface area contributed by atoms with E-state index in [1.165, 1.54) is 0 Å². The van der Waals surface area contributed by atoms with Crippen LogP contribution < -0.4 is 0 Å². The summed E-state index contributed by atoms with van der Waals surface area (Å²) in [6.07, 6.45) is -0.0628. The molecule has 1 rings (SSSR count). The molecule has 0 saturated carbocycles. The Bertz CT molecular complexity index is 405. The summed E-state index contributed by atoms with van der Waals surface area (Å²) in [5, 5.41) is 0.726. The van der Waals surface area contributed by atoms with Gasteiger partial charge < -0.3 is 14.5 Å². The molecular formula is C14H22ClN3O. The SMILES string of the molecule is COC(CN=C(N(C)C)N(C)C)c1ccc(Cl)cc1. The van der Waals surface area contributed by atoms with Crippen LogP contribution >= 0.6 is 11.6 Å². The van der Waals surface area contributed by atoms with Gasteiger partial charge in [-0.1, -0.05) is 23.7 Å². The van der Waals surface area contributed by atoms with Crippen LogP contribution in [0.1, 0.15) is 11.7 Å². The van der Waals surface area contributed by atoms with Gasteiger partial charge in [-0.05, 0) is 17.7 Å². The molecular weight excluding hydrogens is 262 g/mol. The second kappa shape index (κ2) is 7.36. The van der Waals surface area contributed by atoms with Gasteiger partial charge in [-0.2, -0.15) is 0 Å². The van der Waals surface area contributed by atoms with Crippen molar-refractivity contribution in [2.24, 2.45) is 4.99 Å². The fourth-order valence-corrected chi connectivity index (χ4v) is 1.97. The summed E-state index contributed by atoms with van der Waals surface area (Å²) in [6, 6.07) is 7.67. The fourth-order valence-electron chi connectivity index (χ4n) is 1.84. The summed E-state index contributed by atoms with van der Waals surface area (Å²) in [7, 11) is 9.59. The maximum atomic E-state index is 5.89. The van der Waals surface area contributed by atoms with Crippen molar-refractivity contribution in [1.29, 1.82) is 0 Å². The minimum atomic E-state index is -0.0628. The van der Waals surface area contributed by atoms with Gasteiger partial charge in [-0.25, -0.2) is 4.99 Å². The van der Waals surface area contributed by atoms with E-state index in [0.29, 0.717) is 6.54 Å². The summed E-state index contributed by atoms with van der Waals surface area (Å²) in [4.78, 5) is 8.56. The maximum Gasteiger partial charge on any atom is 0.195 e. The third kappa shape index (κ3) is 4.73. The summed E-state index contributed by atoms with van der Waals surface area (Å²) in [6.45, 7) is 0.573. The average molecular weight is 284 g/mol. The van der Waals surface area contributed by atoms with Gasteiger partial charge in [-0.15, -0.1) is 0 Å². The summed E-state index contributed by atoms with van der Waals surface area (Å²) in [5.74, 6) is 0.913. The Morgan fingerprint density at radius 3 is 2.11 bits per heavy atom. The molecule has 0 bridgehead atoms. The first-order valence-electron chi connectivity index (χ1n) is 6.13. The lowest BCUT2D eigenvalue weighted by Crippen LogP contribution is -2.35. The van der Waals surface area contributed by atoms with Crippen LogP contribution in [-0.4, -0.2) is 57.6 Å². The van der Waals surface area contributed by atoms with Crippen molar-refractivity contribution in [3.63, 3.8) is 0 Å². The van der Waals surface area contributed by atoms with Crippen LogP contribution in [-0.2, 0) is 4.74 Å². The maximum absolute atomic E-state index is 5.89. The molecule has 0 saturated heterocycles. The van der Waals surface area contributed by atoms with Crippen molar-refractivity contribution < 1.29 is 4.74 Å². The van der Waals surface area contributed by atoms with Crippen LogP contribution in [0.15, 0.2) is 29.3 Å². The highest BCUT2D eigenvalue weighted by Gasteiger charge is 2.11. The predicted octanol–water partition coefficient (Wildman–Crippen LogP) is 2.51. The average Bonchev–Trinajstić information content (AvgIpc) is 2.35. The molecule has 0 heterocycles. The molecule has 0 amide bonds. The number of rotatable bonds is 4. The molecule has 0 spiro atoms. The smallest absolute Gasteiger partial charge is 0.195 e. The highest BCUT2D eigenvalue weighted by atomic mass is 35.5. The van der Waals surface area contributed by atoms with Crippen molar-refractivity contribution in [1.82, 2.24) is 9.80 Å². The number of aliphatic imine (C=N–C) groups is 1. The van der Waals surface area contributed by atoms with Crippen molar-refractivity contribution in [3.8, 4) is 0 Å². The second-order valence-corrected chi connectivity index (χ2v) is 5.14. The Hall–Kier alpha value is -1.26. The van der Waals surface area contributed by atoms with Crippen LogP contribution in [0.4, 0.5) is 0 Å². The molecule has 0 radical (unpaired) electrons. The normalized spacial score (nSPS) is 11.9. The van der Waals surface area contributed by atoms with E-state index in [1.54, 1.807) is 7.11 Å². The third-order valence-electron chi connectivity index (χ3n) is 2.72. The molecule has 0 N–H and O–H groups in total. The highest BCUT2D eigenvalue weighted by molar-refractivity contribution is 6.30. The van der Waals surface area contributed by atoms with Crippen molar-refractivity contribution in [3.05, 3.63) is 34.9 Å². The molecule has 0 fully saturated rings. The molecule has 0 aliphatic heterocycles. The number of methoxy groups -OCH3 is 1. The molecule has 0 aromatic heterocycles. The minimum Gasteiger partial charge on any atom is -0.375 e. The molecule has 1 aromatic rings. The van der Waals surface area contributed by atoms with Gasteiger partial charge in [0, 0.05) is 40.3 Å². The Morgan fingerprint density at radius 1 is 1.16 bits per heavy atom. The van der Waals surface area contributed by atoms with Gasteiger partial charge in [0.05, 0.1) is 6.54 Å². The lowest BCUT2D eigenvalue weighted by molar-refractivity contribution is 0.110. The van der Waals surface area contributed by atoms with E-state index in [2.05, 4.69) is 4.99 Å². The topological polar surface area (TPSA) is 28.1 Å². The number of halogens is 1. The number of benzene rings is 1. The van der Waals surface area contributed by atoms with Crippen LogP contribution in [0.2, 0.25) is 5.02 Å². The molecule has 4 nitrogen and oxygen atoms in total. The highest BCUT2D eigenvalue weighted by Crippen LogP contribution is 2.19. The quantitative estimate of drug-likeness (QED) is 0.628. The standard InChI is InChI=1S/C14H22ClN3O/c1-17(2)14(18(3)4)16-10-13(19-5)11-6-8-12(15)9-7-11/h6-9,13H,10H2,1-5H3. The van der Waals surface area contributed by atoms with E-state index >= 15 is 0 Å². The van der Waals surface area contributed by atoms with Crippen LogP contribution in [0.5, 0.6) is 0 Å². The predicted molar refractivity (Wildman–Crippen MR) is 80.9 cm³/mol. The van der Waals surface area contributed by atoms with Gasteiger partial charge in [-0.3, -0.25) is 0 Å². The second-order valence-electron chi connectivity index (χ2n) is 4.71. The van der Waals surface area contributed by atoms with E-state index in [9.17, 15) is 0 Å². The summed E-state index contributed by atoms with van der Waals surface area (Å²) < 4.78 is 5.50. The van der Waals surface area contributed by atoms with E-state index in [4.69, 9.17) is 16.3 Å². The lowest BCUT2D eigenvalue weighted by Gasteiger charge is -2.23. The van der Waals surface area contributed by atoms with Gasteiger partial charge in [0.2, 0.25) is 0 Å². The number of nitrogens with zero attached hydrogens (tertiary/aromatic N) is 3. The molecule has 0 aliphatic rings. The van der Waals surface area contributed by atoms with Crippen LogP contribution in [0, 0.1) is 0 Å². The van der Waals surface area contributed by atoms with Gasteiger partial charge in [0.15, 0.2) is 5.96 Å². The monoisotopic (exact) mass is 283 g/mol. The van der Waals surface area contributed by atoms with Crippen LogP contribution in [0.25, 0.3) is 0 Å². The number of guanidine groups is 1. The zero-order chi connectivity index (χ0) is 14.4. The Morgan fingerprint density at radius 2 is 1.68 bits per heavy atom. The van der Waals surface area contributed by atoms with E-state index in [-0.39, 0.29) is 6.10 Å². The minimum absolute atomic E-state index is 0.0628. The van der Waals surface area contributed by atoms with Crippen molar-refractivity contribution >= 4 is 17.6 Å². The molecule has 5 heteroatoms. The zero-order valence-corrected chi connectivity index (χ0v) is 13.0. The summed E-state index contributed by atoms with van der Waals surface area (Å²) in [5.41, 5.74) is 1.08. The lowest BCUT2D eigenvalue weighted by atomic mass is 10.1. The summed E-state index contributed by atoms with van der Waals surface area (Å²) >= 11 is 5.89. The van der Waals surface area contributed by atoms with E-state index in [1.807, 2.05) is 62.3 Å². The Labute approximate surface area is 120 Å². The molecule has 106 valence electrons. The van der Waals surface area contributed by atoms with Gasteiger partial charge in [0.25, 0.3) is 0 Å². The Kier molecular flexibility index (Phi) is 6.12. The third-order valence-corrected chi connectivity index (χ3v) is 2.98. The number of hydrogen-bond donors (Lipinski definition) is 0. The van der Waals surface area contributed by atoms with Crippen molar-refractivity contribution in [2.45, 2.75) is 6.10 Å². The van der Waals surface area contributed by atoms with E-state index < -0.39 is 0 Å². The largest absolute Gasteiger partial charge is 0.375 e. The number of hydrogen-bond acceptors (Lipinski definition) is 2. The first-order valence-corrected chi connectivity index (χ1v) is 6.51. The van der Waals surface area contributed by atoms with Crippen LogP contribution in [0.3, 0.4) is 0 Å². The zero-order valence-electron chi connectivity index (χ0n) is 12.2.